The van der Waals surface area contributed by atoms with Crippen LogP contribution >= 0.6 is 0 Å². The summed E-state index contributed by atoms with van der Waals surface area (Å²) >= 11 is 0. The predicted molar refractivity (Wildman–Crippen MR) is 79.5 cm³/mol. The van der Waals surface area contributed by atoms with Gasteiger partial charge in [0.1, 0.15) is 0 Å². The number of aliphatic carboxylic acids is 4. The van der Waals surface area contributed by atoms with Gasteiger partial charge in [-0.15, -0.1) is 0 Å². The van der Waals surface area contributed by atoms with Gasteiger partial charge >= 0.3 is 23.9 Å². The molecule has 0 aromatic rings. The van der Waals surface area contributed by atoms with Gasteiger partial charge in [0.15, 0.2) is 0 Å². The van der Waals surface area contributed by atoms with Crippen LogP contribution < -0.4 is 0 Å². The Kier molecular flexibility index (Phi) is 43.6. The Balaban J connectivity index is -0.0000000562. The van der Waals surface area contributed by atoms with Gasteiger partial charge in [-0.3, -0.25) is 0 Å². The maximum Gasteiger partial charge on any atom is 0.327 e. The van der Waals surface area contributed by atoms with Crippen LogP contribution in [0.4, 0.5) is 0 Å². The fourth-order valence-electron chi connectivity index (χ4n) is 0. The molecule has 0 rings (SSSR count). The highest BCUT2D eigenvalue weighted by Gasteiger charge is 1.74. The summed E-state index contributed by atoms with van der Waals surface area (Å²) in [7, 11) is 1.00. The molecule has 0 heterocycles. The normalized spacial score (nSPS) is 6.09. The van der Waals surface area contributed by atoms with Crippen LogP contribution in [-0.2, 0) is 19.2 Å². The highest BCUT2D eigenvalue weighted by Crippen LogP contribution is 1.56. The van der Waals surface area contributed by atoms with E-state index in [0.29, 0.717) is 0 Å². The Hall–Kier alpha value is -3.20. The van der Waals surface area contributed by atoms with Crippen molar-refractivity contribution in [3.05, 3.63) is 50.6 Å². The minimum atomic E-state index is -0.981. The quantitative estimate of drug-likeness (QED) is 0.466. The van der Waals surface area contributed by atoms with E-state index in [-0.39, 0.29) is 0 Å². The minimum absolute atomic E-state index is 0.833. The summed E-state index contributed by atoms with van der Waals surface area (Å²) in [6.07, 6.45) is 3.33. The lowest BCUT2D eigenvalue weighted by Gasteiger charge is -1.64. The summed E-state index contributed by atoms with van der Waals surface area (Å²) in [4.78, 5) is 37.0. The van der Waals surface area contributed by atoms with Crippen LogP contribution in [0.15, 0.2) is 50.6 Å². The molecule has 0 spiro atoms. The van der Waals surface area contributed by atoms with E-state index in [0.717, 1.165) is 31.4 Å². The second kappa shape index (κ2) is 30.7. The number of carbonyl (C=O) groups is 4. The van der Waals surface area contributed by atoms with E-state index < -0.39 is 23.9 Å². The van der Waals surface area contributed by atoms with Crippen molar-refractivity contribution in [3.8, 4) is 0 Å². The molecule has 0 aliphatic carbocycles. The summed E-state index contributed by atoms with van der Waals surface area (Å²) in [5.41, 5.74) is 0. The van der Waals surface area contributed by atoms with E-state index in [2.05, 4.69) is 26.3 Å². The molecular weight excluding hydrogens is 300 g/mol. The maximum absolute atomic E-state index is 9.25. The van der Waals surface area contributed by atoms with Gasteiger partial charge in [-0.25, -0.2) is 19.2 Å². The number of carboxylic acids is 4. The molecule has 0 aliphatic heterocycles. The van der Waals surface area contributed by atoms with Gasteiger partial charge in [-0.2, -0.15) is 0 Å². The lowest BCUT2D eigenvalue weighted by molar-refractivity contribution is -0.132. The van der Waals surface area contributed by atoms with Crippen molar-refractivity contribution >= 4 is 23.9 Å². The van der Waals surface area contributed by atoms with Crippen LogP contribution in [0.1, 0.15) is 0 Å². The molecule has 9 heteroatoms. The molecule has 0 saturated heterocycles. The molecule has 0 saturated carbocycles. The zero-order valence-electron chi connectivity index (χ0n) is 12.0. The van der Waals surface area contributed by atoms with Crippen LogP contribution in [-0.4, -0.2) is 56.5 Å². The highest BCUT2D eigenvalue weighted by molar-refractivity contribution is 5.79. The molecular formula is C13H20O9. The van der Waals surface area contributed by atoms with Crippen molar-refractivity contribution < 1.29 is 44.7 Å². The van der Waals surface area contributed by atoms with Gasteiger partial charge in [-0.1, -0.05) is 26.3 Å². The standard InChI is InChI=1S/4C3H4O2.CH4O/c4*1-2-3(4)5;1-2/h4*2H,1H2,(H,4,5);2H,1H3. The van der Waals surface area contributed by atoms with Crippen LogP contribution in [0.3, 0.4) is 0 Å². The van der Waals surface area contributed by atoms with Gasteiger partial charge in [0.2, 0.25) is 0 Å². The predicted octanol–water partition coefficient (Wildman–Crippen LogP) is 0.636. The minimum Gasteiger partial charge on any atom is -0.478 e. The first-order chi connectivity index (χ1) is 10.1. The van der Waals surface area contributed by atoms with Crippen molar-refractivity contribution in [3.63, 3.8) is 0 Å². The lowest BCUT2D eigenvalue weighted by atomic mass is 10.7. The molecule has 9 nitrogen and oxygen atoms in total. The Morgan fingerprint density at radius 2 is 0.591 bits per heavy atom. The number of hydrogen-bond donors (Lipinski definition) is 5. The SMILES string of the molecule is C=CC(=O)O.C=CC(=O)O.C=CC(=O)O.C=CC(=O)O.CO. The van der Waals surface area contributed by atoms with E-state index in [4.69, 9.17) is 25.5 Å². The fourth-order valence-corrected chi connectivity index (χ4v) is 0. The Morgan fingerprint density at radius 3 is 0.591 bits per heavy atom. The van der Waals surface area contributed by atoms with E-state index >= 15 is 0 Å². The van der Waals surface area contributed by atoms with Crippen molar-refractivity contribution in [1.29, 1.82) is 0 Å². The van der Waals surface area contributed by atoms with Crippen LogP contribution in [0.2, 0.25) is 0 Å². The van der Waals surface area contributed by atoms with Crippen molar-refractivity contribution in [1.82, 2.24) is 0 Å². The summed E-state index contributed by atoms with van der Waals surface area (Å²) in [6, 6.07) is 0. The number of rotatable bonds is 4. The van der Waals surface area contributed by atoms with Crippen molar-refractivity contribution in [2.45, 2.75) is 0 Å². The van der Waals surface area contributed by atoms with E-state index in [1.165, 1.54) is 0 Å². The molecule has 0 atom stereocenters. The third-order valence-electron chi connectivity index (χ3n) is 0.698. The van der Waals surface area contributed by atoms with Gasteiger partial charge in [0.25, 0.3) is 0 Å². The lowest BCUT2D eigenvalue weighted by Crippen LogP contribution is -1.82. The van der Waals surface area contributed by atoms with Gasteiger partial charge in [0, 0.05) is 31.4 Å². The van der Waals surface area contributed by atoms with E-state index in [1.807, 2.05) is 0 Å². The molecule has 0 fully saturated rings. The average molecular weight is 320 g/mol. The number of aliphatic hydroxyl groups is 1. The number of hydrogen-bond acceptors (Lipinski definition) is 5. The molecule has 0 aliphatic rings. The maximum atomic E-state index is 9.25. The van der Waals surface area contributed by atoms with Crippen LogP contribution in [0.5, 0.6) is 0 Å². The van der Waals surface area contributed by atoms with E-state index in [9.17, 15) is 19.2 Å². The third-order valence-corrected chi connectivity index (χ3v) is 0.698. The molecule has 0 aromatic heterocycles. The van der Waals surface area contributed by atoms with Crippen LogP contribution in [0, 0.1) is 0 Å². The first kappa shape index (κ1) is 31.3. The largest absolute Gasteiger partial charge is 0.478 e. The molecule has 5 N–H and O–H groups in total. The molecule has 0 radical (unpaired) electrons. The first-order valence-electron chi connectivity index (χ1n) is 4.95. The first-order valence-corrected chi connectivity index (χ1v) is 4.95. The Bertz CT molecular complexity index is 298. The molecule has 22 heavy (non-hydrogen) atoms. The number of carboxylic acid groups (broad SMARTS) is 4. The topological polar surface area (TPSA) is 169 Å². The fraction of sp³-hybridized carbons (Fsp3) is 0.0769. The van der Waals surface area contributed by atoms with Crippen molar-refractivity contribution in [2.75, 3.05) is 7.11 Å². The Morgan fingerprint density at radius 1 is 0.545 bits per heavy atom. The second-order valence-corrected chi connectivity index (χ2v) is 2.17. The van der Waals surface area contributed by atoms with E-state index in [1.54, 1.807) is 0 Å². The van der Waals surface area contributed by atoms with Gasteiger partial charge in [0.05, 0.1) is 0 Å². The summed E-state index contributed by atoms with van der Waals surface area (Å²) in [5, 5.41) is 37.4. The summed E-state index contributed by atoms with van der Waals surface area (Å²) in [6.45, 7) is 11.8. The van der Waals surface area contributed by atoms with Crippen molar-refractivity contribution in [2.24, 2.45) is 0 Å². The highest BCUT2D eigenvalue weighted by atomic mass is 16.4. The second-order valence-electron chi connectivity index (χ2n) is 2.17. The number of aliphatic hydroxyl groups excluding tert-OH is 1. The molecule has 0 bridgehead atoms. The molecule has 0 amide bonds. The molecule has 126 valence electrons. The van der Waals surface area contributed by atoms with Crippen LogP contribution in [0.25, 0.3) is 0 Å². The summed E-state index contributed by atoms with van der Waals surface area (Å²) < 4.78 is 0. The monoisotopic (exact) mass is 320 g/mol. The van der Waals surface area contributed by atoms with Gasteiger partial charge < -0.3 is 25.5 Å². The summed E-state index contributed by atoms with van der Waals surface area (Å²) in [5.74, 6) is -3.93. The zero-order chi connectivity index (χ0) is 19.1. The van der Waals surface area contributed by atoms with Gasteiger partial charge in [-0.05, 0) is 0 Å². The Labute approximate surface area is 127 Å². The third kappa shape index (κ3) is 182. The molecule has 0 unspecified atom stereocenters. The zero-order valence-corrected chi connectivity index (χ0v) is 12.0. The average Bonchev–Trinajstić information content (AvgIpc) is 2.50. The smallest absolute Gasteiger partial charge is 0.327 e. The molecule has 0 aromatic carbocycles.